The van der Waals surface area contributed by atoms with Crippen LogP contribution in [0.2, 0.25) is 0 Å². The second kappa shape index (κ2) is 7.91. The van der Waals surface area contributed by atoms with Crippen molar-refractivity contribution in [3.8, 4) is 0 Å². The molecule has 1 fully saturated rings. The van der Waals surface area contributed by atoms with Crippen molar-refractivity contribution in [2.45, 2.75) is 63.0 Å². The summed E-state index contributed by atoms with van der Waals surface area (Å²) in [5.41, 5.74) is -0.437. The van der Waals surface area contributed by atoms with Gasteiger partial charge in [0.2, 0.25) is 0 Å². The molecule has 22 heavy (non-hydrogen) atoms. The van der Waals surface area contributed by atoms with Crippen LogP contribution in [0.4, 0.5) is 4.79 Å². The van der Waals surface area contributed by atoms with Crippen LogP contribution in [0.25, 0.3) is 0 Å². The maximum atomic E-state index is 12.0. The second-order valence-corrected chi connectivity index (χ2v) is 8.01. The number of amides is 1. The molecule has 0 spiro atoms. The molecule has 0 unspecified atom stereocenters. The molecule has 1 aliphatic carbocycles. The highest BCUT2D eigenvalue weighted by Gasteiger charge is 2.28. The van der Waals surface area contributed by atoms with Gasteiger partial charge in [-0.3, -0.25) is 0 Å². The minimum Gasteiger partial charge on any atom is -0.444 e. The maximum absolute atomic E-state index is 12.0. The first kappa shape index (κ1) is 17.2. The Balaban J connectivity index is 1.86. The van der Waals surface area contributed by atoms with Crippen molar-refractivity contribution in [2.75, 3.05) is 5.75 Å². The van der Waals surface area contributed by atoms with Crippen molar-refractivity contribution in [1.29, 1.82) is 0 Å². The highest BCUT2D eigenvalue weighted by atomic mass is 32.2. The van der Waals surface area contributed by atoms with Crippen molar-refractivity contribution < 1.29 is 9.53 Å². The predicted octanol–water partition coefficient (Wildman–Crippen LogP) is 4.86. The van der Waals surface area contributed by atoms with Crippen LogP contribution in [-0.2, 0) is 4.74 Å². The van der Waals surface area contributed by atoms with Gasteiger partial charge in [0, 0.05) is 16.7 Å². The lowest BCUT2D eigenvalue weighted by Crippen LogP contribution is -2.45. The molecule has 0 saturated heterocycles. The van der Waals surface area contributed by atoms with Crippen LogP contribution >= 0.6 is 11.8 Å². The molecule has 2 atom stereocenters. The zero-order valence-electron chi connectivity index (χ0n) is 13.8. The molecule has 1 saturated carbocycles. The van der Waals surface area contributed by atoms with E-state index in [2.05, 4.69) is 29.6 Å². The van der Waals surface area contributed by atoms with Gasteiger partial charge in [0.15, 0.2) is 0 Å². The standard InChI is InChI=1S/C18H27NO2S/c1-18(2,3)21-17(20)19-16-12-8-7-9-14(16)13-22-15-10-5-4-6-11-15/h4-6,10-11,14,16H,7-9,12-13H2,1-3H3,(H,19,20)/t14-,16+/m1/s1. The fraction of sp³-hybridized carbons (Fsp3) is 0.611. The minimum absolute atomic E-state index is 0.236. The molecule has 2 rings (SSSR count). The molecule has 0 bridgehead atoms. The van der Waals surface area contributed by atoms with Gasteiger partial charge < -0.3 is 10.1 Å². The van der Waals surface area contributed by atoms with Crippen LogP contribution in [0, 0.1) is 5.92 Å². The van der Waals surface area contributed by atoms with Crippen LogP contribution in [-0.4, -0.2) is 23.5 Å². The topological polar surface area (TPSA) is 38.3 Å². The quantitative estimate of drug-likeness (QED) is 0.805. The molecule has 1 amide bonds. The van der Waals surface area contributed by atoms with Crippen molar-refractivity contribution in [1.82, 2.24) is 5.32 Å². The molecule has 4 heteroatoms. The first-order valence-corrected chi connectivity index (χ1v) is 9.10. The van der Waals surface area contributed by atoms with Crippen molar-refractivity contribution in [3.63, 3.8) is 0 Å². The molecule has 1 N–H and O–H groups in total. The molecule has 0 aliphatic heterocycles. The summed E-state index contributed by atoms with van der Waals surface area (Å²) in [5, 5.41) is 3.09. The van der Waals surface area contributed by atoms with E-state index in [0.29, 0.717) is 5.92 Å². The summed E-state index contributed by atoms with van der Waals surface area (Å²) >= 11 is 1.88. The molecule has 0 radical (unpaired) electrons. The molecular weight excluding hydrogens is 294 g/mol. The van der Waals surface area contributed by atoms with Crippen molar-refractivity contribution in [2.24, 2.45) is 5.92 Å². The normalized spacial score (nSPS) is 22.1. The number of hydrogen-bond donors (Lipinski definition) is 1. The minimum atomic E-state index is -0.437. The van der Waals surface area contributed by atoms with Gasteiger partial charge in [0.25, 0.3) is 0 Å². The Hall–Kier alpha value is -1.16. The van der Waals surface area contributed by atoms with E-state index in [1.54, 1.807) is 0 Å². The number of hydrogen-bond acceptors (Lipinski definition) is 3. The number of ether oxygens (including phenoxy) is 1. The fourth-order valence-corrected chi connectivity index (χ4v) is 3.93. The number of benzene rings is 1. The van der Waals surface area contributed by atoms with E-state index in [-0.39, 0.29) is 12.1 Å². The molecule has 122 valence electrons. The number of nitrogens with one attached hydrogen (secondary N) is 1. The highest BCUT2D eigenvalue weighted by molar-refractivity contribution is 7.99. The van der Waals surface area contributed by atoms with Crippen LogP contribution < -0.4 is 5.32 Å². The number of rotatable bonds is 4. The zero-order valence-corrected chi connectivity index (χ0v) is 14.6. The van der Waals surface area contributed by atoms with E-state index >= 15 is 0 Å². The first-order chi connectivity index (χ1) is 10.4. The van der Waals surface area contributed by atoms with Crippen LogP contribution in [0.1, 0.15) is 46.5 Å². The van der Waals surface area contributed by atoms with E-state index in [4.69, 9.17) is 4.74 Å². The lowest BCUT2D eigenvalue weighted by molar-refractivity contribution is 0.0474. The van der Waals surface area contributed by atoms with Gasteiger partial charge in [0.1, 0.15) is 5.60 Å². The Labute approximate surface area is 138 Å². The Kier molecular flexibility index (Phi) is 6.18. The molecule has 1 aliphatic rings. The second-order valence-electron chi connectivity index (χ2n) is 6.92. The molecule has 0 heterocycles. The summed E-state index contributed by atoms with van der Waals surface area (Å²) in [6.07, 6.45) is 4.40. The number of carbonyl (C=O) groups excluding carboxylic acids is 1. The van der Waals surface area contributed by atoms with Crippen LogP contribution in [0.5, 0.6) is 0 Å². The average Bonchev–Trinajstić information content (AvgIpc) is 2.45. The molecule has 3 nitrogen and oxygen atoms in total. The first-order valence-electron chi connectivity index (χ1n) is 8.11. The number of thioether (sulfide) groups is 1. The van der Waals surface area contributed by atoms with E-state index < -0.39 is 5.60 Å². The third-order valence-electron chi connectivity index (χ3n) is 3.82. The van der Waals surface area contributed by atoms with Crippen LogP contribution in [0.15, 0.2) is 35.2 Å². The van der Waals surface area contributed by atoms with Gasteiger partial charge in [0.05, 0.1) is 0 Å². The van der Waals surface area contributed by atoms with Gasteiger partial charge in [-0.2, -0.15) is 0 Å². The van der Waals surface area contributed by atoms with Crippen LogP contribution in [0.3, 0.4) is 0 Å². The van der Waals surface area contributed by atoms with Crippen molar-refractivity contribution in [3.05, 3.63) is 30.3 Å². The molecule has 0 aromatic heterocycles. The van der Waals surface area contributed by atoms with E-state index in [9.17, 15) is 4.79 Å². The van der Waals surface area contributed by atoms with Gasteiger partial charge >= 0.3 is 6.09 Å². The predicted molar refractivity (Wildman–Crippen MR) is 92.3 cm³/mol. The Morgan fingerprint density at radius 2 is 1.91 bits per heavy atom. The monoisotopic (exact) mass is 321 g/mol. The van der Waals surface area contributed by atoms with E-state index in [1.165, 1.54) is 24.2 Å². The summed E-state index contributed by atoms with van der Waals surface area (Å²) in [5.74, 6) is 1.57. The van der Waals surface area contributed by atoms with Gasteiger partial charge in [-0.25, -0.2) is 4.79 Å². The molecule has 1 aromatic rings. The smallest absolute Gasteiger partial charge is 0.407 e. The molecule has 1 aromatic carbocycles. The Morgan fingerprint density at radius 3 is 2.59 bits per heavy atom. The summed E-state index contributed by atoms with van der Waals surface area (Å²) in [4.78, 5) is 13.3. The lowest BCUT2D eigenvalue weighted by Gasteiger charge is -2.32. The number of alkyl carbamates (subject to hydrolysis) is 1. The van der Waals surface area contributed by atoms with Gasteiger partial charge in [-0.05, 0) is 51.7 Å². The summed E-state index contributed by atoms with van der Waals surface area (Å²) < 4.78 is 5.39. The summed E-state index contributed by atoms with van der Waals surface area (Å²) in [6, 6.07) is 10.7. The van der Waals surface area contributed by atoms with E-state index in [0.717, 1.165) is 12.2 Å². The largest absolute Gasteiger partial charge is 0.444 e. The SMILES string of the molecule is CC(C)(C)OC(=O)N[C@H]1CCCC[C@@H]1CSc1ccccc1. The Bertz CT molecular complexity index is 470. The highest BCUT2D eigenvalue weighted by Crippen LogP contribution is 2.30. The van der Waals surface area contributed by atoms with Gasteiger partial charge in [-0.1, -0.05) is 31.0 Å². The lowest BCUT2D eigenvalue weighted by atomic mass is 9.86. The summed E-state index contributed by atoms with van der Waals surface area (Å²) in [6.45, 7) is 5.70. The van der Waals surface area contributed by atoms with E-state index in [1.807, 2.05) is 38.6 Å². The maximum Gasteiger partial charge on any atom is 0.407 e. The zero-order chi connectivity index (χ0) is 16.0. The third-order valence-corrected chi connectivity index (χ3v) is 5.02. The van der Waals surface area contributed by atoms with Gasteiger partial charge in [-0.15, -0.1) is 11.8 Å². The molecular formula is C18H27NO2S. The van der Waals surface area contributed by atoms with Crippen molar-refractivity contribution >= 4 is 17.9 Å². The average molecular weight is 321 g/mol. The fourth-order valence-electron chi connectivity index (χ4n) is 2.78. The Morgan fingerprint density at radius 1 is 1.23 bits per heavy atom. The number of carbonyl (C=O) groups is 1. The third kappa shape index (κ3) is 5.91. The summed E-state index contributed by atoms with van der Waals surface area (Å²) in [7, 11) is 0.